The van der Waals surface area contributed by atoms with Crippen LogP contribution in [0.4, 0.5) is 0 Å². The summed E-state index contributed by atoms with van der Waals surface area (Å²) in [4.78, 5) is 11.5. The summed E-state index contributed by atoms with van der Waals surface area (Å²) in [6, 6.07) is 0. The summed E-state index contributed by atoms with van der Waals surface area (Å²) in [7, 11) is 1.39. The van der Waals surface area contributed by atoms with Crippen molar-refractivity contribution in [2.24, 2.45) is 17.8 Å². The van der Waals surface area contributed by atoms with E-state index in [0.29, 0.717) is 40.8 Å². The zero-order valence-electron chi connectivity index (χ0n) is 16.3. The number of hydrogen-bond acceptors (Lipinski definition) is 5. The van der Waals surface area contributed by atoms with Gasteiger partial charge in [-0.15, -0.1) is 0 Å². The lowest BCUT2D eigenvalue weighted by Gasteiger charge is -2.28. The fraction of sp³-hybridized carbons (Fsp3) is 0.950. The van der Waals surface area contributed by atoms with Crippen LogP contribution in [-0.4, -0.2) is 59.6 Å². The molecule has 0 aromatic carbocycles. The Morgan fingerprint density at radius 3 is 2.58 bits per heavy atom. The summed E-state index contributed by atoms with van der Waals surface area (Å²) in [5, 5.41) is 10.3. The fourth-order valence-electron chi connectivity index (χ4n) is 4.40. The van der Waals surface area contributed by atoms with Crippen LogP contribution < -0.4 is 0 Å². The topological polar surface area (TPSA) is 59.0 Å². The lowest BCUT2D eigenvalue weighted by Crippen LogP contribution is -2.29. The third-order valence-electron chi connectivity index (χ3n) is 6.22. The molecule has 5 nitrogen and oxygen atoms in total. The lowest BCUT2D eigenvalue weighted by molar-refractivity contribution is -0.159. The molecule has 1 aliphatic carbocycles. The minimum atomic E-state index is -0.204. The molecule has 0 radical (unpaired) electrons. The molecule has 26 heavy (non-hydrogen) atoms. The van der Waals surface area contributed by atoms with Crippen LogP contribution in [0.25, 0.3) is 0 Å². The first-order valence-electron chi connectivity index (χ1n) is 10.3. The van der Waals surface area contributed by atoms with E-state index in [2.05, 4.69) is 6.92 Å². The van der Waals surface area contributed by atoms with Crippen LogP contribution in [0.1, 0.15) is 58.3 Å². The van der Waals surface area contributed by atoms with Gasteiger partial charge in [0.15, 0.2) is 0 Å². The van der Waals surface area contributed by atoms with E-state index in [4.69, 9.17) is 14.7 Å². The van der Waals surface area contributed by atoms with Crippen LogP contribution in [-0.2, 0) is 14.3 Å². The molecule has 2 bridgehead atoms. The number of hydrogen-bond donors (Lipinski definition) is 1. The quantitative estimate of drug-likeness (QED) is 0.315. The Hall–Kier alpha value is -0.300. The van der Waals surface area contributed by atoms with E-state index in [1.54, 1.807) is 0 Å². The second-order valence-electron chi connectivity index (χ2n) is 8.35. The first kappa shape index (κ1) is 20.4. The Labute approximate surface area is 162 Å². The van der Waals surface area contributed by atoms with Crippen LogP contribution in [0.5, 0.6) is 0 Å². The summed E-state index contributed by atoms with van der Waals surface area (Å²) in [5.41, 5.74) is 0. The lowest BCUT2D eigenvalue weighted by atomic mass is 9.76. The van der Waals surface area contributed by atoms with Crippen molar-refractivity contribution in [1.82, 2.24) is 5.06 Å². The second-order valence-corrected chi connectivity index (χ2v) is 9.90. The molecule has 2 saturated heterocycles. The SMILES string of the molecule is C[C@H](CCC(=O)N(C)O)SCC[C@@H]1[C@H](CCOCC2CC2)C2CC[C@H]1O2. The standard InChI is InChI=1S/C20H35NO4S/c1-14(3-8-20(22)21(2)23)26-12-10-17-16(18-6-7-19(17)25-18)9-11-24-13-15-4-5-15/h14-19,23H,3-13H2,1-2H3/t14-,16+,17-,18?,19-/m1/s1. The highest BCUT2D eigenvalue weighted by molar-refractivity contribution is 7.99. The summed E-state index contributed by atoms with van der Waals surface area (Å²) < 4.78 is 12.1. The molecule has 5 atom stereocenters. The number of ether oxygens (including phenoxy) is 2. The molecular formula is C20H35NO4S. The van der Waals surface area contributed by atoms with Gasteiger partial charge in [-0.25, -0.2) is 5.06 Å². The highest BCUT2D eigenvalue weighted by atomic mass is 32.2. The summed E-state index contributed by atoms with van der Waals surface area (Å²) in [5.74, 6) is 3.13. The largest absolute Gasteiger partial charge is 0.381 e. The zero-order chi connectivity index (χ0) is 18.5. The van der Waals surface area contributed by atoms with E-state index in [1.165, 1.54) is 39.2 Å². The molecule has 6 heteroatoms. The van der Waals surface area contributed by atoms with E-state index in [0.717, 1.165) is 37.7 Å². The van der Waals surface area contributed by atoms with Gasteiger partial charge in [-0.2, -0.15) is 11.8 Å². The van der Waals surface area contributed by atoms with Crippen LogP contribution >= 0.6 is 11.8 Å². The van der Waals surface area contributed by atoms with Gasteiger partial charge in [0, 0.05) is 31.9 Å². The van der Waals surface area contributed by atoms with Gasteiger partial charge in [-0.05, 0) is 68.5 Å². The number of fused-ring (bicyclic) bond motifs is 2. The number of carbonyl (C=O) groups excluding carboxylic acids is 1. The highest BCUT2D eigenvalue weighted by Crippen LogP contribution is 2.47. The summed E-state index contributed by atoms with van der Waals surface area (Å²) in [6.07, 6.45) is 9.70. The molecule has 0 aromatic rings. The van der Waals surface area contributed by atoms with Crippen LogP contribution in [0.15, 0.2) is 0 Å². The molecule has 3 aliphatic rings. The predicted molar refractivity (Wildman–Crippen MR) is 103 cm³/mol. The Morgan fingerprint density at radius 1 is 1.23 bits per heavy atom. The molecule has 1 N–H and O–H groups in total. The maximum atomic E-state index is 11.5. The van der Waals surface area contributed by atoms with Crippen molar-refractivity contribution in [3.63, 3.8) is 0 Å². The zero-order valence-corrected chi connectivity index (χ0v) is 17.1. The third-order valence-corrected chi connectivity index (χ3v) is 7.49. The van der Waals surface area contributed by atoms with Crippen molar-refractivity contribution in [3.05, 3.63) is 0 Å². The van der Waals surface area contributed by atoms with Crippen LogP contribution in [0, 0.1) is 17.8 Å². The fourth-order valence-corrected chi connectivity index (χ4v) is 5.50. The molecule has 150 valence electrons. The van der Waals surface area contributed by atoms with Gasteiger partial charge >= 0.3 is 0 Å². The van der Waals surface area contributed by atoms with Crippen molar-refractivity contribution in [2.75, 3.05) is 26.0 Å². The average Bonchev–Trinajstić information content (AvgIpc) is 3.23. The van der Waals surface area contributed by atoms with Gasteiger partial charge in [0.05, 0.1) is 12.2 Å². The molecule has 1 unspecified atom stereocenters. The summed E-state index contributed by atoms with van der Waals surface area (Å²) >= 11 is 1.95. The van der Waals surface area contributed by atoms with Gasteiger partial charge in [0.1, 0.15) is 0 Å². The van der Waals surface area contributed by atoms with Crippen molar-refractivity contribution < 1.29 is 19.5 Å². The highest BCUT2D eigenvalue weighted by Gasteiger charge is 2.47. The minimum absolute atomic E-state index is 0.204. The van der Waals surface area contributed by atoms with Gasteiger partial charge in [0.25, 0.3) is 0 Å². The Kier molecular flexibility index (Phi) is 7.67. The van der Waals surface area contributed by atoms with E-state index in [-0.39, 0.29) is 5.91 Å². The molecule has 1 saturated carbocycles. The van der Waals surface area contributed by atoms with Gasteiger partial charge in [-0.3, -0.25) is 10.0 Å². The maximum absolute atomic E-state index is 11.5. The van der Waals surface area contributed by atoms with Crippen molar-refractivity contribution in [1.29, 1.82) is 0 Å². The maximum Gasteiger partial charge on any atom is 0.245 e. The Bertz CT molecular complexity index is 457. The van der Waals surface area contributed by atoms with Gasteiger partial charge in [0.2, 0.25) is 5.91 Å². The Morgan fingerprint density at radius 2 is 1.92 bits per heavy atom. The molecular weight excluding hydrogens is 350 g/mol. The normalized spacial score (nSPS) is 31.3. The van der Waals surface area contributed by atoms with E-state index in [1.807, 2.05) is 11.8 Å². The second kappa shape index (κ2) is 9.76. The number of amides is 1. The number of carbonyl (C=O) groups is 1. The average molecular weight is 386 g/mol. The molecule has 0 aromatic heterocycles. The van der Waals surface area contributed by atoms with Gasteiger partial charge < -0.3 is 9.47 Å². The number of hydroxylamine groups is 2. The molecule has 3 fully saturated rings. The van der Waals surface area contributed by atoms with E-state index in [9.17, 15) is 4.79 Å². The van der Waals surface area contributed by atoms with Crippen molar-refractivity contribution >= 4 is 17.7 Å². The third kappa shape index (κ3) is 5.85. The molecule has 2 heterocycles. The number of nitrogens with zero attached hydrogens (tertiary/aromatic N) is 1. The summed E-state index contributed by atoms with van der Waals surface area (Å²) in [6.45, 7) is 4.03. The van der Waals surface area contributed by atoms with E-state index < -0.39 is 0 Å². The van der Waals surface area contributed by atoms with Crippen molar-refractivity contribution in [3.8, 4) is 0 Å². The number of rotatable bonds is 12. The van der Waals surface area contributed by atoms with Gasteiger partial charge in [-0.1, -0.05) is 6.92 Å². The smallest absolute Gasteiger partial charge is 0.245 e. The van der Waals surface area contributed by atoms with E-state index >= 15 is 0 Å². The monoisotopic (exact) mass is 385 g/mol. The van der Waals surface area contributed by atoms with Crippen LogP contribution in [0.2, 0.25) is 0 Å². The molecule has 2 aliphatic heterocycles. The molecule has 1 amide bonds. The minimum Gasteiger partial charge on any atom is -0.381 e. The number of thioether (sulfide) groups is 1. The van der Waals surface area contributed by atoms with Crippen LogP contribution in [0.3, 0.4) is 0 Å². The Balaban J connectivity index is 1.33. The van der Waals surface area contributed by atoms with Crippen molar-refractivity contribution in [2.45, 2.75) is 75.7 Å². The first-order valence-corrected chi connectivity index (χ1v) is 11.4. The molecule has 0 spiro atoms. The first-order chi connectivity index (χ1) is 12.5. The predicted octanol–water partition coefficient (Wildman–Crippen LogP) is 3.74. The molecule has 3 rings (SSSR count).